The second-order valence-corrected chi connectivity index (χ2v) is 16.8. The van der Waals surface area contributed by atoms with E-state index in [0.29, 0.717) is 70.0 Å². The molecular formula is C44H72N6O7. The van der Waals surface area contributed by atoms with Crippen molar-refractivity contribution >= 4 is 41.2 Å². The SMILES string of the molecule is C#CCCC/C=C(\C)C(=O)N[C@H](C(=O)N(C)[C@H](C(=O)N[C@H](C(=O)N[C@H](C(=O)N1CCC[C@H]1C(=O)N1CCC[C@H]1C(=O)CC)C(C)C)C(C)C)[C@@H](C)CC)[C@@H](C)CC. The molecule has 2 aliphatic rings. The molecule has 13 nitrogen and oxygen atoms in total. The molecule has 6 amide bonds. The number of nitrogens with zero attached hydrogens (tertiary/aromatic N) is 3. The Bertz CT molecular complexity index is 1500. The van der Waals surface area contributed by atoms with Gasteiger partial charge >= 0.3 is 0 Å². The van der Waals surface area contributed by atoms with Gasteiger partial charge in [-0.2, -0.15) is 0 Å². The zero-order chi connectivity index (χ0) is 43.1. The molecule has 0 aromatic carbocycles. The largest absolute Gasteiger partial charge is 0.342 e. The van der Waals surface area contributed by atoms with E-state index in [4.69, 9.17) is 6.42 Å². The molecule has 3 N–H and O–H groups in total. The van der Waals surface area contributed by atoms with E-state index < -0.39 is 54.0 Å². The third-order valence-corrected chi connectivity index (χ3v) is 11.9. The van der Waals surface area contributed by atoms with Crippen molar-refractivity contribution in [3.8, 4) is 12.3 Å². The van der Waals surface area contributed by atoms with E-state index in [1.165, 1.54) is 4.90 Å². The lowest BCUT2D eigenvalue weighted by Gasteiger charge is -2.37. The third-order valence-electron chi connectivity index (χ3n) is 11.9. The van der Waals surface area contributed by atoms with Crippen LogP contribution < -0.4 is 16.0 Å². The maximum Gasteiger partial charge on any atom is 0.247 e. The monoisotopic (exact) mass is 797 g/mol. The smallest absolute Gasteiger partial charge is 0.247 e. The quantitative estimate of drug-likeness (QED) is 0.0882. The summed E-state index contributed by atoms with van der Waals surface area (Å²) in [6.07, 6.45) is 13.1. The molecule has 0 saturated carbocycles. The van der Waals surface area contributed by atoms with Gasteiger partial charge in [-0.05, 0) is 69.1 Å². The lowest BCUT2D eigenvalue weighted by molar-refractivity contribution is -0.148. The van der Waals surface area contributed by atoms with E-state index in [1.807, 2.05) is 47.6 Å². The molecule has 8 atom stereocenters. The zero-order valence-corrected chi connectivity index (χ0v) is 36.6. The van der Waals surface area contributed by atoms with Gasteiger partial charge < -0.3 is 30.7 Å². The molecule has 2 aliphatic heterocycles. The van der Waals surface area contributed by atoms with Gasteiger partial charge in [0, 0.05) is 38.6 Å². The number of nitrogens with one attached hydrogen (secondary N) is 3. The van der Waals surface area contributed by atoms with Crippen molar-refractivity contribution in [3.63, 3.8) is 0 Å². The topological polar surface area (TPSA) is 165 Å². The van der Waals surface area contributed by atoms with Crippen molar-refractivity contribution in [3.05, 3.63) is 11.6 Å². The Kier molecular flexibility index (Phi) is 20.0. The van der Waals surface area contributed by atoms with Crippen LogP contribution in [0.4, 0.5) is 0 Å². The van der Waals surface area contributed by atoms with Gasteiger partial charge in [-0.1, -0.05) is 81.2 Å². The van der Waals surface area contributed by atoms with Gasteiger partial charge in [0.1, 0.15) is 30.2 Å². The summed E-state index contributed by atoms with van der Waals surface area (Å²) in [5.74, 6) is -1.11. The van der Waals surface area contributed by atoms with Gasteiger partial charge in [0.25, 0.3) is 0 Å². The fraction of sp³-hybridized carbons (Fsp3) is 0.750. The molecule has 13 heteroatoms. The summed E-state index contributed by atoms with van der Waals surface area (Å²) in [5, 5.41) is 8.72. The number of amides is 6. The first-order chi connectivity index (χ1) is 26.9. The lowest BCUT2D eigenvalue weighted by atomic mass is 9.92. The minimum Gasteiger partial charge on any atom is -0.342 e. The minimum atomic E-state index is -1.05. The van der Waals surface area contributed by atoms with Gasteiger partial charge in [-0.15, -0.1) is 12.3 Å². The Morgan fingerprint density at radius 1 is 0.772 bits per heavy atom. The molecule has 0 spiro atoms. The molecule has 0 bridgehead atoms. The summed E-state index contributed by atoms with van der Waals surface area (Å²) in [7, 11) is 1.55. The van der Waals surface area contributed by atoms with Crippen LogP contribution in [0.5, 0.6) is 0 Å². The Morgan fingerprint density at radius 3 is 1.88 bits per heavy atom. The van der Waals surface area contributed by atoms with Crippen LogP contribution in [-0.2, 0) is 33.6 Å². The first-order valence-electron chi connectivity index (χ1n) is 21.3. The highest BCUT2D eigenvalue weighted by atomic mass is 16.2. The van der Waals surface area contributed by atoms with Crippen LogP contribution in [0.15, 0.2) is 11.6 Å². The van der Waals surface area contributed by atoms with Gasteiger partial charge in [0.2, 0.25) is 35.4 Å². The predicted molar refractivity (Wildman–Crippen MR) is 222 cm³/mol. The highest BCUT2D eigenvalue weighted by molar-refractivity contribution is 5.99. The van der Waals surface area contributed by atoms with E-state index in [2.05, 4.69) is 21.9 Å². The fourth-order valence-electron chi connectivity index (χ4n) is 7.74. The van der Waals surface area contributed by atoms with Gasteiger partial charge in [0.05, 0.1) is 6.04 Å². The maximum absolute atomic E-state index is 14.2. The highest BCUT2D eigenvalue weighted by Gasteiger charge is 2.44. The summed E-state index contributed by atoms with van der Waals surface area (Å²) in [5.41, 5.74) is 0.478. The zero-order valence-electron chi connectivity index (χ0n) is 36.6. The number of likely N-dealkylation sites (N-methyl/N-ethyl adjacent to an activating group) is 1. The molecule has 2 fully saturated rings. The molecule has 0 aromatic heterocycles. The Balaban J connectivity index is 2.30. The van der Waals surface area contributed by atoms with Gasteiger partial charge in [-0.25, -0.2) is 0 Å². The van der Waals surface area contributed by atoms with Crippen molar-refractivity contribution in [2.45, 2.75) is 170 Å². The first-order valence-corrected chi connectivity index (χ1v) is 21.3. The molecule has 0 aliphatic carbocycles. The number of ketones is 1. The van der Waals surface area contributed by atoms with Crippen LogP contribution in [0, 0.1) is 36.0 Å². The number of likely N-dealkylation sites (tertiary alicyclic amines) is 2. The third kappa shape index (κ3) is 12.9. The van der Waals surface area contributed by atoms with Gasteiger partial charge in [-0.3, -0.25) is 33.6 Å². The number of carbonyl (C=O) groups excluding carboxylic acids is 7. The summed E-state index contributed by atoms with van der Waals surface area (Å²) >= 11 is 0. The average Bonchev–Trinajstić information content (AvgIpc) is 3.89. The molecule has 2 heterocycles. The van der Waals surface area contributed by atoms with Crippen molar-refractivity contribution < 1.29 is 33.6 Å². The number of hydrogen-bond acceptors (Lipinski definition) is 7. The number of rotatable bonds is 21. The van der Waals surface area contributed by atoms with E-state index in [1.54, 1.807) is 44.5 Å². The predicted octanol–water partition coefficient (Wildman–Crippen LogP) is 4.38. The minimum absolute atomic E-state index is 0.0186. The molecule has 0 radical (unpaired) electrons. The normalized spacial score (nSPS) is 20.2. The number of unbranched alkanes of at least 4 members (excludes halogenated alkanes) is 2. The first kappa shape index (κ1) is 48.9. The van der Waals surface area contributed by atoms with Crippen LogP contribution in [0.1, 0.15) is 133 Å². The average molecular weight is 797 g/mol. The molecule has 57 heavy (non-hydrogen) atoms. The van der Waals surface area contributed by atoms with Crippen LogP contribution in [0.25, 0.3) is 0 Å². The van der Waals surface area contributed by atoms with Gasteiger partial charge in [0.15, 0.2) is 5.78 Å². The van der Waals surface area contributed by atoms with E-state index in [9.17, 15) is 33.6 Å². The summed E-state index contributed by atoms with van der Waals surface area (Å²) in [6.45, 7) is 19.1. The number of terminal acetylenes is 1. The standard InChI is InChI=1S/C44H72N6O7/c1-13-17-18-19-22-31(11)39(52)47-37(29(9)14-2)43(56)48(12)38(30(10)15-3)41(54)45-35(27(5)6)40(53)46-36(28(7)8)44(57)50-26-21-24-33(50)42(55)49-25-20-23-32(49)34(51)16-4/h1,22,27-30,32-33,35-38H,14-21,23-26H2,2-12H3,(H,45,54)(H,46,53)(H,47,52)/b31-22+/t29-,30-,32-,33-,35-,36-,37-,38-/m0/s1. The Hall–Kier alpha value is -4.21. The Labute approximate surface area is 342 Å². The van der Waals surface area contributed by atoms with Crippen molar-refractivity contribution in [2.24, 2.45) is 23.7 Å². The molecule has 320 valence electrons. The van der Waals surface area contributed by atoms with Crippen LogP contribution in [-0.4, -0.2) is 112 Å². The fourth-order valence-corrected chi connectivity index (χ4v) is 7.74. The van der Waals surface area contributed by atoms with Crippen LogP contribution in [0.2, 0.25) is 0 Å². The van der Waals surface area contributed by atoms with Crippen molar-refractivity contribution in [2.75, 3.05) is 20.1 Å². The number of carbonyl (C=O) groups is 7. The second kappa shape index (κ2) is 23.3. The summed E-state index contributed by atoms with van der Waals surface area (Å²) in [4.78, 5) is 101. The van der Waals surface area contributed by atoms with E-state index >= 15 is 0 Å². The van der Waals surface area contributed by atoms with E-state index in [-0.39, 0.29) is 47.2 Å². The molecule has 2 saturated heterocycles. The summed E-state index contributed by atoms with van der Waals surface area (Å²) in [6, 6.07) is -5.06. The number of hydrogen-bond donors (Lipinski definition) is 3. The lowest BCUT2D eigenvalue weighted by Crippen LogP contribution is -2.62. The van der Waals surface area contributed by atoms with E-state index in [0.717, 1.165) is 12.8 Å². The molecule has 0 aromatic rings. The highest BCUT2D eigenvalue weighted by Crippen LogP contribution is 2.27. The summed E-state index contributed by atoms with van der Waals surface area (Å²) < 4.78 is 0. The molecular weight excluding hydrogens is 725 g/mol. The maximum atomic E-state index is 14.2. The number of allylic oxidation sites excluding steroid dienone is 1. The molecule has 0 unspecified atom stereocenters. The van der Waals surface area contributed by atoms with Crippen LogP contribution >= 0.6 is 0 Å². The van der Waals surface area contributed by atoms with Crippen molar-refractivity contribution in [1.82, 2.24) is 30.7 Å². The van der Waals surface area contributed by atoms with Crippen LogP contribution in [0.3, 0.4) is 0 Å². The number of Topliss-reactive ketones (excluding diaryl/α,β-unsaturated/α-hetero) is 1. The second-order valence-electron chi connectivity index (χ2n) is 16.8. The van der Waals surface area contributed by atoms with Crippen molar-refractivity contribution in [1.29, 1.82) is 0 Å². The Morgan fingerprint density at radius 2 is 1.33 bits per heavy atom. The molecule has 2 rings (SSSR count).